The number of para-hydroxylation sites is 1. The summed E-state index contributed by atoms with van der Waals surface area (Å²) in [7, 11) is -3.00. The van der Waals surface area contributed by atoms with Crippen LogP contribution < -0.4 is 0 Å². The smallest absolute Gasteiger partial charge is 0.239 e. The van der Waals surface area contributed by atoms with Crippen molar-refractivity contribution in [3.63, 3.8) is 0 Å². The first-order valence-electron chi connectivity index (χ1n) is 10.5. The van der Waals surface area contributed by atoms with Gasteiger partial charge in [-0.2, -0.15) is 0 Å². The molecule has 0 aliphatic carbocycles. The Labute approximate surface area is 176 Å². The highest BCUT2D eigenvalue weighted by molar-refractivity contribution is 7.91. The van der Waals surface area contributed by atoms with Gasteiger partial charge in [0.15, 0.2) is 9.84 Å². The predicted molar refractivity (Wildman–Crippen MR) is 117 cm³/mol. The van der Waals surface area contributed by atoms with Crippen LogP contribution in [0.5, 0.6) is 0 Å². The van der Waals surface area contributed by atoms with Crippen molar-refractivity contribution >= 4 is 37.3 Å². The van der Waals surface area contributed by atoms with Gasteiger partial charge < -0.3 is 4.90 Å². The van der Waals surface area contributed by atoms with E-state index in [0.717, 1.165) is 31.4 Å². The first-order valence-corrected chi connectivity index (χ1v) is 13.1. The molecule has 2 aliphatic rings. The Morgan fingerprint density at radius 2 is 2.00 bits per heavy atom. The largest absolute Gasteiger partial charge is 0.338 e. The van der Waals surface area contributed by atoms with Gasteiger partial charge >= 0.3 is 0 Å². The molecule has 2 atom stereocenters. The van der Waals surface area contributed by atoms with Gasteiger partial charge in [0.2, 0.25) is 5.91 Å². The molecule has 0 N–H and O–H groups in total. The number of rotatable bonds is 5. The Bertz CT molecular complexity index is 947. The number of hydrogen-bond donors (Lipinski definition) is 0. The van der Waals surface area contributed by atoms with Crippen molar-refractivity contribution in [3.8, 4) is 0 Å². The van der Waals surface area contributed by atoms with Crippen LogP contribution in [0, 0.1) is 0 Å². The summed E-state index contributed by atoms with van der Waals surface area (Å²) in [5.74, 6) is 0.823. The second kappa shape index (κ2) is 8.32. The molecule has 0 spiro atoms. The van der Waals surface area contributed by atoms with E-state index in [1.165, 1.54) is 9.71 Å². The molecule has 1 amide bonds. The molecule has 3 heterocycles. The molecule has 2 fully saturated rings. The number of fused-ring (bicyclic) bond motifs is 1. The molecule has 6 nitrogen and oxygen atoms in total. The third-order valence-corrected chi connectivity index (χ3v) is 9.32. The molecule has 158 valence electrons. The zero-order valence-corrected chi connectivity index (χ0v) is 18.7. The van der Waals surface area contributed by atoms with Gasteiger partial charge in [0.1, 0.15) is 0 Å². The van der Waals surface area contributed by atoms with E-state index in [1.807, 2.05) is 19.9 Å². The second-order valence-corrected chi connectivity index (χ2v) is 11.5. The van der Waals surface area contributed by atoms with Crippen LogP contribution in [-0.2, 0) is 14.6 Å². The molecule has 29 heavy (non-hydrogen) atoms. The van der Waals surface area contributed by atoms with E-state index in [4.69, 9.17) is 4.98 Å². The molecule has 0 unspecified atom stereocenters. The first-order chi connectivity index (χ1) is 13.9. The average molecular weight is 436 g/mol. The lowest BCUT2D eigenvalue weighted by atomic mass is 9.96. The zero-order valence-electron chi connectivity index (χ0n) is 17.1. The Morgan fingerprint density at radius 3 is 2.62 bits per heavy atom. The predicted octanol–water partition coefficient (Wildman–Crippen LogP) is 2.90. The third-order valence-electron chi connectivity index (χ3n) is 6.37. The number of piperidine rings is 1. The van der Waals surface area contributed by atoms with E-state index in [1.54, 1.807) is 16.2 Å². The van der Waals surface area contributed by atoms with Crippen LogP contribution >= 0.6 is 11.3 Å². The van der Waals surface area contributed by atoms with E-state index in [-0.39, 0.29) is 29.5 Å². The van der Waals surface area contributed by atoms with Crippen LogP contribution in [0.4, 0.5) is 0 Å². The molecule has 1 aromatic carbocycles. The number of hydrogen-bond acceptors (Lipinski definition) is 6. The van der Waals surface area contributed by atoms with Gasteiger partial charge in [-0.1, -0.05) is 12.1 Å². The molecule has 1 aromatic heterocycles. The summed E-state index contributed by atoms with van der Waals surface area (Å²) in [6.45, 7) is 6.20. The molecule has 2 aromatic rings. The fraction of sp³-hybridized carbons (Fsp3) is 0.619. The number of benzene rings is 1. The first kappa shape index (κ1) is 20.8. The van der Waals surface area contributed by atoms with E-state index in [2.05, 4.69) is 23.1 Å². The highest BCUT2D eigenvalue weighted by Gasteiger charge is 2.37. The number of amides is 1. The topological polar surface area (TPSA) is 70.6 Å². The van der Waals surface area contributed by atoms with Crippen molar-refractivity contribution < 1.29 is 13.2 Å². The molecule has 2 saturated heterocycles. The quantitative estimate of drug-likeness (QED) is 0.722. The van der Waals surface area contributed by atoms with E-state index in [0.29, 0.717) is 18.9 Å². The Balaban J connectivity index is 1.37. The minimum atomic E-state index is -3.00. The third kappa shape index (κ3) is 4.34. The van der Waals surface area contributed by atoms with Crippen LogP contribution in [-0.4, -0.2) is 72.3 Å². The van der Waals surface area contributed by atoms with E-state index in [9.17, 15) is 13.2 Å². The van der Waals surface area contributed by atoms with Crippen molar-refractivity contribution in [1.29, 1.82) is 0 Å². The summed E-state index contributed by atoms with van der Waals surface area (Å²) in [4.78, 5) is 22.0. The van der Waals surface area contributed by atoms with Crippen molar-refractivity contribution in [2.75, 3.05) is 31.1 Å². The average Bonchev–Trinajstić information content (AvgIpc) is 3.31. The minimum absolute atomic E-state index is 0.0630. The standard InChI is InChI=1S/C21H29N3O3S2/c1-3-24(17-10-13-29(26,27)14-17)21(25)15(2)23-11-8-16(9-12-23)20-22-18-6-4-5-7-19(18)28-20/h4-7,15-17H,3,8-14H2,1-2H3/t15-,17+/m0/s1. The van der Waals surface area contributed by atoms with Crippen LogP contribution in [0.15, 0.2) is 24.3 Å². The number of likely N-dealkylation sites (N-methyl/N-ethyl adjacent to an activating group) is 1. The van der Waals surface area contributed by atoms with Crippen LogP contribution in [0.3, 0.4) is 0 Å². The van der Waals surface area contributed by atoms with Gasteiger partial charge in [-0.15, -0.1) is 11.3 Å². The number of sulfone groups is 1. The molecule has 2 aliphatic heterocycles. The Hall–Kier alpha value is -1.51. The lowest BCUT2D eigenvalue weighted by Crippen LogP contribution is -2.52. The van der Waals surface area contributed by atoms with Crippen molar-refractivity contribution in [2.45, 2.75) is 51.1 Å². The Kier molecular flexibility index (Phi) is 5.95. The highest BCUT2D eigenvalue weighted by Crippen LogP contribution is 2.34. The van der Waals surface area contributed by atoms with Crippen molar-refractivity contribution in [3.05, 3.63) is 29.3 Å². The lowest BCUT2D eigenvalue weighted by molar-refractivity contribution is -0.138. The normalized spacial score (nSPS) is 24.0. The zero-order chi connectivity index (χ0) is 20.6. The van der Waals surface area contributed by atoms with Gasteiger partial charge in [0.25, 0.3) is 0 Å². The number of thiazole rings is 1. The van der Waals surface area contributed by atoms with Crippen LogP contribution in [0.25, 0.3) is 10.2 Å². The number of carbonyl (C=O) groups is 1. The molecule has 0 saturated carbocycles. The molecular formula is C21H29N3O3S2. The second-order valence-electron chi connectivity index (χ2n) is 8.19. The SMILES string of the molecule is CCN(C(=O)[C@H](C)N1CCC(c2nc3ccccc3s2)CC1)[C@@H]1CCS(=O)(=O)C1. The van der Waals surface area contributed by atoms with Crippen molar-refractivity contribution in [1.82, 2.24) is 14.8 Å². The van der Waals surface area contributed by atoms with E-state index >= 15 is 0 Å². The Morgan fingerprint density at radius 1 is 1.28 bits per heavy atom. The lowest BCUT2D eigenvalue weighted by Gasteiger charge is -2.38. The number of aromatic nitrogens is 1. The van der Waals surface area contributed by atoms with Gasteiger partial charge in [-0.25, -0.2) is 13.4 Å². The molecule has 0 radical (unpaired) electrons. The number of carbonyl (C=O) groups excluding carboxylic acids is 1. The molecule has 8 heteroatoms. The van der Waals surface area contributed by atoms with Crippen LogP contribution in [0.2, 0.25) is 0 Å². The number of nitrogens with zero attached hydrogens (tertiary/aromatic N) is 3. The van der Waals surface area contributed by atoms with Gasteiger partial charge in [0.05, 0.1) is 32.8 Å². The fourth-order valence-corrected chi connectivity index (χ4v) is 7.48. The molecule has 0 bridgehead atoms. The van der Waals surface area contributed by atoms with Gasteiger partial charge in [-0.05, 0) is 58.3 Å². The van der Waals surface area contributed by atoms with Gasteiger partial charge in [0, 0.05) is 18.5 Å². The summed E-state index contributed by atoms with van der Waals surface area (Å²) < 4.78 is 24.9. The summed E-state index contributed by atoms with van der Waals surface area (Å²) >= 11 is 1.78. The fourth-order valence-electron chi connectivity index (χ4n) is 4.61. The summed E-state index contributed by atoms with van der Waals surface area (Å²) in [5, 5.41) is 1.20. The summed E-state index contributed by atoms with van der Waals surface area (Å²) in [6, 6.07) is 7.88. The maximum absolute atomic E-state index is 13.1. The summed E-state index contributed by atoms with van der Waals surface area (Å²) in [5.41, 5.74) is 1.07. The minimum Gasteiger partial charge on any atom is -0.338 e. The maximum Gasteiger partial charge on any atom is 0.239 e. The monoisotopic (exact) mass is 435 g/mol. The highest BCUT2D eigenvalue weighted by atomic mass is 32.2. The van der Waals surface area contributed by atoms with E-state index < -0.39 is 9.84 Å². The maximum atomic E-state index is 13.1. The van der Waals surface area contributed by atoms with Crippen molar-refractivity contribution in [2.24, 2.45) is 0 Å². The van der Waals surface area contributed by atoms with Gasteiger partial charge in [-0.3, -0.25) is 9.69 Å². The molecule has 4 rings (SSSR count). The molecular weight excluding hydrogens is 406 g/mol. The summed E-state index contributed by atoms with van der Waals surface area (Å²) in [6.07, 6.45) is 2.57. The number of likely N-dealkylation sites (tertiary alicyclic amines) is 1. The van der Waals surface area contributed by atoms with Crippen LogP contribution in [0.1, 0.15) is 44.0 Å².